The van der Waals surface area contributed by atoms with Gasteiger partial charge in [0.2, 0.25) is 0 Å². The lowest BCUT2D eigenvalue weighted by molar-refractivity contribution is -0.123. The largest absolute Gasteiger partial charge is 0.292 e. The predicted octanol–water partition coefficient (Wildman–Crippen LogP) is 1.53. The number of nitrogens with zero attached hydrogens (tertiary/aromatic N) is 2. The molecule has 3 aliphatic heterocycles. The van der Waals surface area contributed by atoms with E-state index in [1.807, 2.05) is 6.07 Å². The summed E-state index contributed by atoms with van der Waals surface area (Å²) in [7, 11) is 0. The molecule has 3 atom stereocenters. The van der Waals surface area contributed by atoms with Crippen LogP contribution in [0.4, 0.5) is 0 Å². The third-order valence-corrected chi connectivity index (χ3v) is 4.68. The monoisotopic (exact) mass is 255 g/mol. The number of amides is 1. The summed E-state index contributed by atoms with van der Waals surface area (Å²) >= 11 is 0. The summed E-state index contributed by atoms with van der Waals surface area (Å²) < 4.78 is 0. The molecular weight excluding hydrogens is 238 g/mol. The molecule has 4 heteroatoms. The van der Waals surface area contributed by atoms with Crippen molar-refractivity contribution < 1.29 is 4.79 Å². The van der Waals surface area contributed by atoms with Gasteiger partial charge in [-0.15, -0.1) is 0 Å². The van der Waals surface area contributed by atoms with Gasteiger partial charge in [-0.2, -0.15) is 5.10 Å². The molecule has 0 aromatic heterocycles. The lowest BCUT2D eigenvalue weighted by Gasteiger charge is -2.37. The van der Waals surface area contributed by atoms with Crippen molar-refractivity contribution in [1.29, 1.82) is 0 Å². The van der Waals surface area contributed by atoms with Gasteiger partial charge in [0.1, 0.15) is 0 Å². The number of hydrogen-bond acceptors (Lipinski definition) is 3. The molecule has 98 valence electrons. The van der Waals surface area contributed by atoms with Crippen molar-refractivity contribution in [2.75, 3.05) is 0 Å². The molecule has 4 nitrogen and oxygen atoms in total. The number of hydrazone groups is 1. The summed E-state index contributed by atoms with van der Waals surface area (Å²) in [6.45, 7) is 0.952. The number of carbonyl (C=O) groups excluding carboxylic acids is 1. The van der Waals surface area contributed by atoms with Crippen molar-refractivity contribution in [3.05, 3.63) is 35.9 Å². The fraction of sp³-hybridized carbons (Fsp3) is 0.467. The molecule has 19 heavy (non-hydrogen) atoms. The maximum absolute atomic E-state index is 11.9. The van der Waals surface area contributed by atoms with Crippen LogP contribution < -0.4 is 5.43 Å². The highest BCUT2D eigenvalue weighted by molar-refractivity contribution is 6.09. The lowest BCUT2D eigenvalue weighted by atomic mass is 9.88. The van der Waals surface area contributed by atoms with Gasteiger partial charge in [0.05, 0.1) is 11.6 Å². The topological polar surface area (TPSA) is 44.7 Å². The van der Waals surface area contributed by atoms with Crippen molar-refractivity contribution in [3.63, 3.8) is 0 Å². The minimum Gasteiger partial charge on any atom is -0.292 e. The van der Waals surface area contributed by atoms with Gasteiger partial charge in [-0.3, -0.25) is 9.69 Å². The summed E-state index contributed by atoms with van der Waals surface area (Å²) in [5, 5.41) is 4.21. The van der Waals surface area contributed by atoms with Crippen molar-refractivity contribution in [1.82, 2.24) is 10.3 Å². The van der Waals surface area contributed by atoms with Crippen LogP contribution in [0.15, 0.2) is 35.4 Å². The minimum atomic E-state index is 0.00228. The Kier molecular flexibility index (Phi) is 2.45. The standard InChI is InChI=1S/C15H17N3O/c19-15-14-12(16-17-15)8-11-6-7-13(14)18(11)9-10-4-2-1-3-5-10/h1-5,11,13-14H,6-9H2,(H,17,19)/t11-,13+,14-/m1/s1. The van der Waals surface area contributed by atoms with E-state index < -0.39 is 0 Å². The van der Waals surface area contributed by atoms with Crippen molar-refractivity contribution >= 4 is 11.6 Å². The molecule has 2 bridgehead atoms. The van der Waals surface area contributed by atoms with Gasteiger partial charge in [0.15, 0.2) is 0 Å². The fourth-order valence-electron chi connectivity index (χ4n) is 3.81. The van der Waals surface area contributed by atoms with E-state index >= 15 is 0 Å². The Bertz CT molecular complexity index is 540. The lowest BCUT2D eigenvalue weighted by Crippen LogP contribution is -2.50. The van der Waals surface area contributed by atoms with Crippen LogP contribution in [0, 0.1) is 5.92 Å². The molecule has 1 N–H and O–H groups in total. The minimum absolute atomic E-state index is 0.00228. The smallest absolute Gasteiger partial charge is 0.250 e. The summed E-state index contributed by atoms with van der Waals surface area (Å²) in [6.07, 6.45) is 3.27. The highest BCUT2D eigenvalue weighted by Crippen LogP contribution is 2.40. The molecule has 3 aliphatic rings. The molecule has 1 aromatic carbocycles. The second-order valence-corrected chi connectivity index (χ2v) is 5.72. The van der Waals surface area contributed by atoms with Crippen LogP contribution in [0.25, 0.3) is 0 Å². The molecule has 2 saturated heterocycles. The van der Waals surface area contributed by atoms with Crippen molar-refractivity contribution in [3.8, 4) is 0 Å². The van der Waals surface area contributed by atoms with E-state index in [1.165, 1.54) is 12.0 Å². The zero-order valence-electron chi connectivity index (χ0n) is 10.7. The summed E-state index contributed by atoms with van der Waals surface area (Å²) in [5.74, 6) is 0.0980. The van der Waals surface area contributed by atoms with Gasteiger partial charge in [-0.05, 0) is 18.4 Å². The number of hydrogen-bond donors (Lipinski definition) is 1. The molecule has 0 spiro atoms. The number of benzene rings is 1. The van der Waals surface area contributed by atoms with E-state index in [0.29, 0.717) is 12.1 Å². The van der Waals surface area contributed by atoms with Crippen molar-refractivity contribution in [2.24, 2.45) is 11.0 Å². The first kappa shape index (κ1) is 11.2. The summed E-state index contributed by atoms with van der Waals surface area (Å²) in [5.41, 5.74) is 5.07. The van der Waals surface area contributed by atoms with E-state index in [1.54, 1.807) is 0 Å². The Morgan fingerprint density at radius 3 is 2.95 bits per heavy atom. The maximum atomic E-state index is 11.9. The zero-order valence-corrected chi connectivity index (χ0v) is 10.7. The highest BCUT2D eigenvalue weighted by Gasteiger charge is 2.50. The van der Waals surface area contributed by atoms with Crippen LogP contribution in [-0.2, 0) is 11.3 Å². The highest BCUT2D eigenvalue weighted by atomic mass is 16.2. The van der Waals surface area contributed by atoms with E-state index in [4.69, 9.17) is 0 Å². The number of carbonyl (C=O) groups is 1. The van der Waals surface area contributed by atoms with E-state index in [2.05, 4.69) is 39.7 Å². The first-order valence-electron chi connectivity index (χ1n) is 6.99. The molecule has 0 unspecified atom stereocenters. The molecule has 0 saturated carbocycles. The predicted molar refractivity (Wildman–Crippen MR) is 72.5 cm³/mol. The molecule has 0 radical (unpaired) electrons. The number of rotatable bonds is 2. The molecule has 3 heterocycles. The van der Waals surface area contributed by atoms with Crippen LogP contribution in [0.2, 0.25) is 0 Å². The van der Waals surface area contributed by atoms with Gasteiger partial charge >= 0.3 is 0 Å². The van der Waals surface area contributed by atoms with Crippen molar-refractivity contribution in [2.45, 2.75) is 37.9 Å². The second kappa shape index (κ2) is 4.17. The summed E-state index contributed by atoms with van der Waals surface area (Å²) in [6, 6.07) is 11.4. The van der Waals surface area contributed by atoms with Crippen LogP contribution in [0.1, 0.15) is 24.8 Å². The Hall–Kier alpha value is -1.68. The van der Waals surface area contributed by atoms with Gasteiger partial charge in [0.25, 0.3) is 5.91 Å². The van der Waals surface area contributed by atoms with Crippen LogP contribution in [-0.4, -0.2) is 28.6 Å². The van der Waals surface area contributed by atoms with E-state index in [0.717, 1.165) is 25.1 Å². The first-order valence-corrected chi connectivity index (χ1v) is 6.99. The van der Waals surface area contributed by atoms with Crippen LogP contribution >= 0.6 is 0 Å². The van der Waals surface area contributed by atoms with Crippen LogP contribution in [0.5, 0.6) is 0 Å². The zero-order chi connectivity index (χ0) is 12.8. The Morgan fingerprint density at radius 1 is 1.26 bits per heavy atom. The fourth-order valence-corrected chi connectivity index (χ4v) is 3.81. The maximum Gasteiger partial charge on any atom is 0.250 e. The van der Waals surface area contributed by atoms with E-state index in [9.17, 15) is 4.79 Å². The van der Waals surface area contributed by atoms with Gasteiger partial charge in [0, 0.05) is 25.0 Å². The Morgan fingerprint density at radius 2 is 2.11 bits per heavy atom. The summed E-state index contributed by atoms with van der Waals surface area (Å²) in [4.78, 5) is 14.5. The molecule has 2 fully saturated rings. The SMILES string of the molecule is O=C1NN=C2C[C@H]3CC[C@@H]([C@H]12)N3Cc1ccccc1. The second-order valence-electron chi connectivity index (χ2n) is 5.72. The molecule has 0 aliphatic carbocycles. The molecule has 4 rings (SSSR count). The van der Waals surface area contributed by atoms with Gasteiger partial charge in [-0.25, -0.2) is 5.43 Å². The number of piperidine rings is 1. The average molecular weight is 255 g/mol. The number of nitrogens with one attached hydrogen (secondary N) is 1. The van der Waals surface area contributed by atoms with Crippen LogP contribution in [0.3, 0.4) is 0 Å². The third kappa shape index (κ3) is 1.70. The molecule has 1 amide bonds. The normalized spacial score (nSPS) is 32.9. The Balaban J connectivity index is 1.61. The first-order chi connectivity index (χ1) is 9.33. The average Bonchev–Trinajstić information content (AvgIpc) is 2.92. The quantitative estimate of drug-likeness (QED) is 0.871. The van der Waals surface area contributed by atoms with E-state index in [-0.39, 0.29) is 11.8 Å². The molecule has 1 aromatic rings. The number of fused-ring (bicyclic) bond motifs is 4. The molecular formula is C15H17N3O. The third-order valence-electron chi connectivity index (χ3n) is 4.68. The Labute approximate surface area is 112 Å². The van der Waals surface area contributed by atoms with Gasteiger partial charge in [-0.1, -0.05) is 30.3 Å². The van der Waals surface area contributed by atoms with Gasteiger partial charge < -0.3 is 0 Å².